The minimum atomic E-state index is 0.341. The minimum Gasteiger partial charge on any atom is -0.389 e. The summed E-state index contributed by atoms with van der Waals surface area (Å²) in [6.45, 7) is 4.18. The third-order valence-electron chi connectivity index (χ3n) is 2.81. The van der Waals surface area contributed by atoms with Crippen molar-refractivity contribution in [3.8, 4) is 5.82 Å². The van der Waals surface area contributed by atoms with Crippen LogP contribution in [0.2, 0.25) is 0 Å². The Morgan fingerprint density at radius 3 is 2.78 bits per heavy atom. The van der Waals surface area contributed by atoms with Crippen LogP contribution >= 0.6 is 12.2 Å². The number of hydrogen-bond acceptors (Lipinski definition) is 3. The smallest absolute Gasteiger partial charge is 0.163 e. The first-order chi connectivity index (χ1) is 8.67. The van der Waals surface area contributed by atoms with Crippen molar-refractivity contribution >= 4 is 17.2 Å². The van der Waals surface area contributed by atoms with E-state index in [2.05, 4.69) is 30.0 Å². The molecule has 2 N–H and O–H groups in total. The molecule has 94 valence electrons. The van der Waals surface area contributed by atoms with Crippen LogP contribution in [0, 0.1) is 0 Å². The molecule has 0 fully saturated rings. The Morgan fingerprint density at radius 2 is 2.17 bits per heavy atom. The predicted molar refractivity (Wildman–Crippen MR) is 76.0 cm³/mol. The number of hydrogen-bond donors (Lipinski definition) is 1. The van der Waals surface area contributed by atoms with E-state index in [4.69, 9.17) is 18.0 Å². The molecular formula is C13H16N4S. The lowest BCUT2D eigenvalue weighted by Crippen LogP contribution is -2.16. The second-order valence-corrected chi connectivity index (χ2v) is 4.42. The molecule has 2 heterocycles. The Balaban J connectivity index is 2.61. The fraction of sp³-hybridized carbons (Fsp3) is 0.308. The predicted octanol–water partition coefficient (Wildman–Crippen LogP) is 2.03. The molecule has 0 saturated carbocycles. The lowest BCUT2D eigenvalue weighted by molar-refractivity contribution is 0.771. The maximum absolute atomic E-state index is 5.73. The topological polar surface area (TPSA) is 56.7 Å². The molecule has 0 aliphatic carbocycles. The fourth-order valence-electron chi connectivity index (χ4n) is 1.84. The number of nitrogens with zero attached hydrogens (tertiary/aromatic N) is 3. The van der Waals surface area contributed by atoms with E-state index >= 15 is 0 Å². The van der Waals surface area contributed by atoms with E-state index in [1.807, 2.05) is 16.8 Å². The van der Waals surface area contributed by atoms with E-state index in [9.17, 15) is 0 Å². The molecule has 0 atom stereocenters. The average molecular weight is 260 g/mol. The molecular weight excluding hydrogens is 244 g/mol. The van der Waals surface area contributed by atoms with E-state index in [1.54, 1.807) is 6.20 Å². The lowest BCUT2D eigenvalue weighted by atomic mass is 10.2. The molecule has 0 saturated heterocycles. The normalized spacial score (nSPS) is 10.6. The molecule has 18 heavy (non-hydrogen) atoms. The van der Waals surface area contributed by atoms with Crippen molar-refractivity contribution in [1.82, 2.24) is 14.8 Å². The zero-order valence-electron chi connectivity index (χ0n) is 10.6. The van der Waals surface area contributed by atoms with Crippen LogP contribution in [0.4, 0.5) is 0 Å². The van der Waals surface area contributed by atoms with Crippen LogP contribution < -0.4 is 5.73 Å². The second-order valence-electron chi connectivity index (χ2n) is 3.98. The van der Waals surface area contributed by atoms with Gasteiger partial charge in [-0.3, -0.25) is 0 Å². The number of nitrogens with two attached hydrogens (primary N) is 1. The summed E-state index contributed by atoms with van der Waals surface area (Å²) in [6.07, 6.45) is 3.51. The van der Waals surface area contributed by atoms with E-state index in [0.29, 0.717) is 10.8 Å². The number of pyridine rings is 1. The first-order valence-electron chi connectivity index (χ1n) is 6.00. The zero-order chi connectivity index (χ0) is 13.1. The van der Waals surface area contributed by atoms with Gasteiger partial charge in [-0.05, 0) is 31.0 Å². The summed E-state index contributed by atoms with van der Waals surface area (Å²) < 4.78 is 1.84. The van der Waals surface area contributed by atoms with Gasteiger partial charge in [0, 0.05) is 11.9 Å². The first kappa shape index (κ1) is 12.7. The fourth-order valence-corrected chi connectivity index (χ4v) is 2.00. The van der Waals surface area contributed by atoms with Crippen LogP contribution in [0.25, 0.3) is 5.82 Å². The second kappa shape index (κ2) is 5.27. The van der Waals surface area contributed by atoms with E-state index in [-0.39, 0.29) is 0 Å². The summed E-state index contributed by atoms with van der Waals surface area (Å²) in [7, 11) is 0. The maximum Gasteiger partial charge on any atom is 0.163 e. The van der Waals surface area contributed by atoms with Gasteiger partial charge < -0.3 is 5.73 Å². The SMILES string of the molecule is CCc1cc(CC)n(-c2ncccc2C(N)=S)n1. The van der Waals surface area contributed by atoms with Crippen LogP contribution in [0.15, 0.2) is 24.4 Å². The van der Waals surface area contributed by atoms with E-state index in [0.717, 1.165) is 29.8 Å². The Hall–Kier alpha value is -1.75. The molecule has 0 bridgehead atoms. The third-order valence-corrected chi connectivity index (χ3v) is 3.03. The van der Waals surface area contributed by atoms with Gasteiger partial charge >= 0.3 is 0 Å². The molecule has 2 aromatic heterocycles. The quantitative estimate of drug-likeness (QED) is 0.855. The molecule has 0 spiro atoms. The largest absolute Gasteiger partial charge is 0.389 e. The van der Waals surface area contributed by atoms with Crippen molar-refractivity contribution in [2.75, 3.05) is 0 Å². The molecule has 0 aromatic carbocycles. The van der Waals surface area contributed by atoms with Crippen molar-refractivity contribution in [2.45, 2.75) is 26.7 Å². The summed E-state index contributed by atoms with van der Waals surface area (Å²) in [5, 5.41) is 4.55. The molecule has 0 radical (unpaired) electrons. The molecule has 0 unspecified atom stereocenters. The molecule has 5 heteroatoms. The average Bonchev–Trinajstić information content (AvgIpc) is 2.81. The number of rotatable bonds is 4. The van der Waals surface area contributed by atoms with Crippen LogP contribution in [0.5, 0.6) is 0 Å². The Kier molecular flexibility index (Phi) is 3.72. The number of aromatic nitrogens is 3. The van der Waals surface area contributed by atoms with Gasteiger partial charge in [0.1, 0.15) is 4.99 Å². The van der Waals surface area contributed by atoms with Gasteiger partial charge in [-0.15, -0.1) is 0 Å². The summed E-state index contributed by atoms with van der Waals surface area (Å²) in [6, 6.07) is 5.79. The van der Waals surface area contributed by atoms with Crippen molar-refractivity contribution < 1.29 is 0 Å². The lowest BCUT2D eigenvalue weighted by Gasteiger charge is -2.09. The highest BCUT2D eigenvalue weighted by Crippen LogP contribution is 2.16. The van der Waals surface area contributed by atoms with Crippen molar-refractivity contribution in [2.24, 2.45) is 5.73 Å². The van der Waals surface area contributed by atoms with E-state index in [1.165, 1.54) is 0 Å². The summed E-state index contributed by atoms with van der Waals surface area (Å²) in [5.74, 6) is 0.710. The first-order valence-corrected chi connectivity index (χ1v) is 6.41. The monoisotopic (exact) mass is 260 g/mol. The summed E-state index contributed by atoms with van der Waals surface area (Å²) in [4.78, 5) is 4.70. The highest BCUT2D eigenvalue weighted by atomic mass is 32.1. The standard InChI is InChI=1S/C13H16N4S/c1-3-9-8-10(4-2)17(16-9)13-11(12(14)18)6-5-7-15-13/h5-8H,3-4H2,1-2H3,(H2,14,18). The highest BCUT2D eigenvalue weighted by molar-refractivity contribution is 7.80. The Labute approximate surface area is 112 Å². The van der Waals surface area contributed by atoms with Crippen LogP contribution in [0.1, 0.15) is 30.8 Å². The molecule has 0 aliphatic rings. The van der Waals surface area contributed by atoms with Gasteiger partial charge in [0.15, 0.2) is 5.82 Å². The van der Waals surface area contributed by atoms with Gasteiger partial charge in [-0.25, -0.2) is 9.67 Å². The van der Waals surface area contributed by atoms with E-state index < -0.39 is 0 Å². The zero-order valence-corrected chi connectivity index (χ0v) is 11.4. The van der Waals surface area contributed by atoms with Gasteiger partial charge in [-0.1, -0.05) is 26.1 Å². The summed E-state index contributed by atoms with van der Waals surface area (Å²) in [5.41, 5.74) is 8.65. The highest BCUT2D eigenvalue weighted by Gasteiger charge is 2.13. The number of thiocarbonyl (C=S) groups is 1. The van der Waals surface area contributed by atoms with Gasteiger partial charge in [-0.2, -0.15) is 5.10 Å². The van der Waals surface area contributed by atoms with Crippen molar-refractivity contribution in [3.05, 3.63) is 41.3 Å². The summed E-state index contributed by atoms with van der Waals surface area (Å²) >= 11 is 5.06. The molecule has 0 amide bonds. The van der Waals surface area contributed by atoms with Gasteiger partial charge in [0.2, 0.25) is 0 Å². The Morgan fingerprint density at radius 1 is 1.39 bits per heavy atom. The van der Waals surface area contributed by atoms with Gasteiger partial charge in [0.25, 0.3) is 0 Å². The van der Waals surface area contributed by atoms with Crippen molar-refractivity contribution in [3.63, 3.8) is 0 Å². The van der Waals surface area contributed by atoms with Crippen LogP contribution in [0.3, 0.4) is 0 Å². The third kappa shape index (κ3) is 2.26. The number of aryl methyl sites for hydroxylation is 2. The maximum atomic E-state index is 5.73. The Bertz CT molecular complexity index is 574. The van der Waals surface area contributed by atoms with Crippen LogP contribution in [-0.4, -0.2) is 19.8 Å². The molecule has 0 aliphatic heterocycles. The van der Waals surface area contributed by atoms with Crippen molar-refractivity contribution in [1.29, 1.82) is 0 Å². The molecule has 2 aromatic rings. The van der Waals surface area contributed by atoms with Gasteiger partial charge in [0.05, 0.1) is 11.3 Å². The molecule has 2 rings (SSSR count). The molecule has 4 nitrogen and oxygen atoms in total. The minimum absolute atomic E-state index is 0.341. The van der Waals surface area contributed by atoms with Crippen LogP contribution in [-0.2, 0) is 12.8 Å².